The van der Waals surface area contributed by atoms with E-state index in [4.69, 9.17) is 5.11 Å². The molecule has 100 valence electrons. The highest BCUT2D eigenvalue weighted by molar-refractivity contribution is 6.01. The molecule has 0 saturated carbocycles. The van der Waals surface area contributed by atoms with E-state index in [-0.39, 0.29) is 11.2 Å². The normalized spacial score (nSPS) is 17.3. The molecule has 0 heterocycles. The van der Waals surface area contributed by atoms with Crippen molar-refractivity contribution < 1.29 is 14.7 Å². The third-order valence-electron chi connectivity index (χ3n) is 3.35. The summed E-state index contributed by atoms with van der Waals surface area (Å²) in [6.07, 6.45) is 2.25. The fourth-order valence-corrected chi connectivity index (χ4v) is 2.12. The minimum atomic E-state index is -1.22. The Morgan fingerprint density at radius 2 is 1.65 bits per heavy atom. The molecule has 2 unspecified atom stereocenters. The molecular weight excluding hydrogens is 216 g/mol. The Bertz CT molecular complexity index is 272. The number of rotatable bonds is 6. The van der Waals surface area contributed by atoms with Crippen molar-refractivity contribution in [1.82, 2.24) is 0 Å². The lowest BCUT2D eigenvalue weighted by atomic mass is 9.77. The summed E-state index contributed by atoms with van der Waals surface area (Å²) in [7, 11) is 0. The highest BCUT2D eigenvalue weighted by Gasteiger charge is 2.38. The number of ketones is 1. The number of aliphatic carboxylic acids is 1. The van der Waals surface area contributed by atoms with Crippen LogP contribution in [0.1, 0.15) is 60.8 Å². The molecule has 0 aliphatic carbocycles. The van der Waals surface area contributed by atoms with Crippen molar-refractivity contribution in [3.8, 4) is 0 Å². The van der Waals surface area contributed by atoms with Crippen LogP contribution in [0.2, 0.25) is 0 Å². The fraction of sp³-hybridized carbons (Fsp3) is 0.857. The van der Waals surface area contributed by atoms with Crippen LogP contribution >= 0.6 is 0 Å². The van der Waals surface area contributed by atoms with E-state index in [1.54, 1.807) is 0 Å². The molecular formula is C14H26O3. The molecule has 1 N–H and O–H groups in total. The minimum absolute atomic E-state index is 0.245. The van der Waals surface area contributed by atoms with Gasteiger partial charge in [0.05, 0.1) is 0 Å². The molecule has 0 aromatic rings. The monoisotopic (exact) mass is 242 g/mol. The Kier molecular flexibility index (Phi) is 5.37. The summed E-state index contributed by atoms with van der Waals surface area (Å²) in [5, 5.41) is 9.13. The standard InChI is InChI=1S/C14H26O3/c1-10(9-13(3,4)5)7-8-14(6,11(2)15)12(16)17/h10H,7-9H2,1-6H3,(H,16,17). The predicted octanol–water partition coefficient (Wildman–Crippen LogP) is 3.52. The lowest BCUT2D eigenvalue weighted by molar-refractivity contribution is -0.153. The molecule has 0 saturated heterocycles. The molecule has 17 heavy (non-hydrogen) atoms. The number of hydrogen-bond donors (Lipinski definition) is 1. The van der Waals surface area contributed by atoms with Gasteiger partial charge in [-0.3, -0.25) is 9.59 Å². The van der Waals surface area contributed by atoms with Gasteiger partial charge in [0, 0.05) is 0 Å². The summed E-state index contributed by atoms with van der Waals surface area (Å²) in [6.45, 7) is 11.5. The maximum atomic E-state index is 11.4. The Morgan fingerprint density at radius 1 is 1.18 bits per heavy atom. The summed E-state index contributed by atoms with van der Waals surface area (Å²) in [6, 6.07) is 0. The average Bonchev–Trinajstić information content (AvgIpc) is 2.10. The molecule has 0 fully saturated rings. The van der Waals surface area contributed by atoms with Crippen LogP contribution in [0.25, 0.3) is 0 Å². The van der Waals surface area contributed by atoms with Crippen LogP contribution < -0.4 is 0 Å². The molecule has 0 aromatic carbocycles. The summed E-state index contributed by atoms with van der Waals surface area (Å²) >= 11 is 0. The highest BCUT2D eigenvalue weighted by atomic mass is 16.4. The quantitative estimate of drug-likeness (QED) is 0.725. The second-order valence-corrected chi connectivity index (χ2v) is 6.60. The van der Waals surface area contributed by atoms with Crippen molar-refractivity contribution >= 4 is 11.8 Å². The first-order valence-electron chi connectivity index (χ1n) is 6.23. The van der Waals surface area contributed by atoms with Crippen molar-refractivity contribution in [1.29, 1.82) is 0 Å². The van der Waals surface area contributed by atoms with Crippen LogP contribution in [0.15, 0.2) is 0 Å². The minimum Gasteiger partial charge on any atom is -0.481 e. The van der Waals surface area contributed by atoms with Gasteiger partial charge in [0.25, 0.3) is 0 Å². The number of carboxylic acids is 1. The number of hydrogen-bond acceptors (Lipinski definition) is 2. The van der Waals surface area contributed by atoms with E-state index in [2.05, 4.69) is 27.7 Å². The van der Waals surface area contributed by atoms with Crippen LogP contribution in [0.4, 0.5) is 0 Å². The maximum Gasteiger partial charge on any atom is 0.316 e. The average molecular weight is 242 g/mol. The van der Waals surface area contributed by atoms with Crippen LogP contribution in [-0.2, 0) is 9.59 Å². The van der Waals surface area contributed by atoms with E-state index in [1.807, 2.05) is 0 Å². The van der Waals surface area contributed by atoms with Gasteiger partial charge in [-0.05, 0) is 44.4 Å². The lowest BCUT2D eigenvalue weighted by Crippen LogP contribution is -2.35. The van der Waals surface area contributed by atoms with Gasteiger partial charge in [0.2, 0.25) is 0 Å². The zero-order valence-corrected chi connectivity index (χ0v) is 12.0. The van der Waals surface area contributed by atoms with E-state index >= 15 is 0 Å². The second-order valence-electron chi connectivity index (χ2n) is 6.60. The van der Waals surface area contributed by atoms with Crippen LogP contribution in [-0.4, -0.2) is 16.9 Å². The molecule has 3 nitrogen and oxygen atoms in total. The van der Waals surface area contributed by atoms with Gasteiger partial charge >= 0.3 is 5.97 Å². The van der Waals surface area contributed by atoms with E-state index in [1.165, 1.54) is 13.8 Å². The predicted molar refractivity (Wildman–Crippen MR) is 68.9 cm³/mol. The Labute approximate surface area is 105 Å². The van der Waals surface area contributed by atoms with E-state index in [9.17, 15) is 9.59 Å². The fourth-order valence-electron chi connectivity index (χ4n) is 2.12. The number of Topliss-reactive ketones (excluding diaryl/α,β-unsaturated/α-hetero) is 1. The Balaban J connectivity index is 4.44. The zero-order valence-electron chi connectivity index (χ0n) is 12.0. The van der Waals surface area contributed by atoms with Gasteiger partial charge in [0.1, 0.15) is 11.2 Å². The van der Waals surface area contributed by atoms with E-state index < -0.39 is 11.4 Å². The van der Waals surface area contributed by atoms with Crippen LogP contribution in [0.3, 0.4) is 0 Å². The maximum absolute atomic E-state index is 11.4. The summed E-state index contributed by atoms with van der Waals surface area (Å²) in [4.78, 5) is 22.6. The molecule has 2 atom stereocenters. The first-order chi connectivity index (χ1) is 7.49. The van der Waals surface area contributed by atoms with E-state index in [0.717, 1.165) is 12.8 Å². The van der Waals surface area contributed by atoms with Crippen molar-refractivity contribution in [3.05, 3.63) is 0 Å². The van der Waals surface area contributed by atoms with Gasteiger partial charge in [-0.25, -0.2) is 0 Å². The number of carbonyl (C=O) groups is 2. The summed E-state index contributed by atoms with van der Waals surface area (Å²) in [5.41, 5.74) is -0.971. The van der Waals surface area contributed by atoms with Gasteiger partial charge < -0.3 is 5.11 Å². The number of carbonyl (C=O) groups excluding carboxylic acids is 1. The molecule has 0 radical (unpaired) electrons. The van der Waals surface area contributed by atoms with Crippen LogP contribution in [0.5, 0.6) is 0 Å². The van der Waals surface area contributed by atoms with Crippen LogP contribution in [0, 0.1) is 16.7 Å². The second kappa shape index (κ2) is 5.65. The van der Waals surface area contributed by atoms with Gasteiger partial charge in [-0.1, -0.05) is 27.7 Å². The SMILES string of the molecule is CC(=O)C(C)(CCC(C)CC(C)(C)C)C(=O)O. The first-order valence-corrected chi connectivity index (χ1v) is 6.23. The third kappa shape index (κ3) is 5.33. The van der Waals surface area contributed by atoms with Crippen molar-refractivity contribution in [2.24, 2.45) is 16.7 Å². The topological polar surface area (TPSA) is 54.4 Å². The smallest absolute Gasteiger partial charge is 0.316 e. The summed E-state index contributed by atoms with van der Waals surface area (Å²) in [5.74, 6) is -0.825. The highest BCUT2D eigenvalue weighted by Crippen LogP contribution is 2.32. The molecule has 0 spiro atoms. The molecule has 0 aromatic heterocycles. The van der Waals surface area contributed by atoms with Gasteiger partial charge in [0.15, 0.2) is 0 Å². The Hall–Kier alpha value is -0.860. The van der Waals surface area contributed by atoms with Crippen molar-refractivity contribution in [3.63, 3.8) is 0 Å². The van der Waals surface area contributed by atoms with E-state index in [0.29, 0.717) is 12.3 Å². The van der Waals surface area contributed by atoms with Gasteiger partial charge in [-0.15, -0.1) is 0 Å². The lowest BCUT2D eigenvalue weighted by Gasteiger charge is -2.27. The molecule has 0 aliphatic rings. The molecule has 0 bridgehead atoms. The Morgan fingerprint density at radius 3 is 1.94 bits per heavy atom. The first kappa shape index (κ1) is 16.1. The molecule has 3 heteroatoms. The van der Waals surface area contributed by atoms with Crippen molar-refractivity contribution in [2.45, 2.75) is 60.8 Å². The molecule has 0 rings (SSSR count). The number of carboxylic acid groups (broad SMARTS) is 1. The molecule has 0 amide bonds. The third-order valence-corrected chi connectivity index (χ3v) is 3.35. The molecule has 0 aliphatic heterocycles. The summed E-state index contributed by atoms with van der Waals surface area (Å²) < 4.78 is 0. The van der Waals surface area contributed by atoms with Gasteiger partial charge in [-0.2, -0.15) is 0 Å². The zero-order chi connectivity index (χ0) is 13.9. The largest absolute Gasteiger partial charge is 0.481 e. The van der Waals surface area contributed by atoms with Crippen molar-refractivity contribution in [2.75, 3.05) is 0 Å².